The Hall–Kier alpha value is -2.63. The van der Waals surface area contributed by atoms with Gasteiger partial charge in [0.25, 0.3) is 5.56 Å². The normalized spacial score (nSPS) is 40.4. The standard InChI is InChI=1S/C23H27IN10O11P2/c1-40-14-9-3-41-47(38,39)45-16-13(35)12(33-6-29-10-17(25)27-5-28-18(10)33)8-2-23(8,16)4-42-46(24,37)44-15(14)21(43-9)34-7-30-11-19(34)31-22(26)32-20(11)36/h5-9,12-16,21,35H,2-4H2,1H3,(H,38,39)(H2,25,27,28)(H3,26,31,32,36)/t8-,9-,12-,13+,14-,15-,16+,21-,23+,46?/m1/s1. The second-order valence-electron chi connectivity index (χ2n) is 11.7. The topological polar surface area (TPSA) is 289 Å². The number of fused-ring (bicyclic) bond motifs is 4. The second kappa shape index (κ2) is 10.9. The number of phosphoric acid groups is 1. The highest BCUT2D eigenvalue weighted by molar-refractivity contribution is 14.2. The molecule has 4 aromatic rings. The Morgan fingerprint density at radius 3 is 2.66 bits per heavy atom. The monoisotopic (exact) mass is 808 g/mol. The maximum absolute atomic E-state index is 14.0. The lowest BCUT2D eigenvalue weighted by molar-refractivity contribution is -0.0656. The number of nitrogens with one attached hydrogen (secondary N) is 1. The van der Waals surface area contributed by atoms with Crippen molar-refractivity contribution >= 4 is 69.2 Å². The molecule has 0 aromatic carbocycles. The number of aliphatic hydroxyl groups is 1. The summed E-state index contributed by atoms with van der Waals surface area (Å²) >= 11 is 1.56. The zero-order chi connectivity index (χ0) is 33.0. The molecule has 2 unspecified atom stereocenters. The van der Waals surface area contributed by atoms with Gasteiger partial charge in [-0.1, -0.05) is 0 Å². The Kier molecular flexibility index (Phi) is 7.36. The van der Waals surface area contributed by atoms with E-state index in [1.54, 1.807) is 26.6 Å². The van der Waals surface area contributed by atoms with Gasteiger partial charge < -0.3 is 40.0 Å². The Labute approximate surface area is 275 Å². The number of aliphatic hydroxyl groups excluding tert-OH is 1. The predicted octanol–water partition coefficient (Wildman–Crippen LogP) is 0.419. The van der Waals surface area contributed by atoms with E-state index >= 15 is 0 Å². The molecule has 0 radical (unpaired) electrons. The number of aromatic nitrogens is 8. The largest absolute Gasteiger partial charge is 0.472 e. The summed E-state index contributed by atoms with van der Waals surface area (Å²) < 4.78 is 65.4. The van der Waals surface area contributed by atoms with Crippen LogP contribution in [0.5, 0.6) is 0 Å². The van der Waals surface area contributed by atoms with Crippen molar-refractivity contribution in [2.45, 2.75) is 49.2 Å². The Morgan fingerprint density at radius 2 is 1.87 bits per heavy atom. The molecule has 4 aromatic heterocycles. The highest BCUT2D eigenvalue weighted by Crippen LogP contribution is 2.73. The van der Waals surface area contributed by atoms with Crippen molar-refractivity contribution in [3.63, 3.8) is 0 Å². The minimum Gasteiger partial charge on any atom is -0.388 e. The highest BCUT2D eigenvalue weighted by Gasteiger charge is 2.74. The molecule has 24 heteroatoms. The molecule has 7 N–H and O–H groups in total. The molecule has 11 atom stereocenters. The fourth-order valence-corrected chi connectivity index (χ4v) is 10.3. The number of imidazole rings is 2. The number of ether oxygens (including phenoxy) is 2. The molecule has 2 saturated heterocycles. The number of methoxy groups -OCH3 is 1. The average Bonchev–Trinajstić information content (AvgIpc) is 3.30. The van der Waals surface area contributed by atoms with Gasteiger partial charge in [0, 0.05) is 12.5 Å². The smallest absolute Gasteiger partial charge is 0.388 e. The van der Waals surface area contributed by atoms with Gasteiger partial charge in [-0.3, -0.25) is 27.9 Å². The Balaban J connectivity index is 1.15. The first-order chi connectivity index (χ1) is 22.3. The third kappa shape index (κ3) is 5.04. The van der Waals surface area contributed by atoms with Gasteiger partial charge >= 0.3 is 13.1 Å². The number of phosphoric ester groups is 1. The van der Waals surface area contributed by atoms with Crippen LogP contribution in [0.3, 0.4) is 0 Å². The molecular formula is C23H27IN10O11P2. The van der Waals surface area contributed by atoms with Crippen molar-refractivity contribution in [2.24, 2.45) is 11.3 Å². The first kappa shape index (κ1) is 31.6. The van der Waals surface area contributed by atoms with Crippen molar-refractivity contribution in [1.29, 1.82) is 0 Å². The summed E-state index contributed by atoms with van der Waals surface area (Å²) in [5.74, 6) is -0.427. The average molecular weight is 808 g/mol. The number of anilines is 2. The van der Waals surface area contributed by atoms with Gasteiger partial charge in [0.15, 0.2) is 28.9 Å². The first-order valence-corrected chi connectivity index (χ1v) is 19.9. The number of hydrogen-bond donors (Lipinski definition) is 5. The maximum atomic E-state index is 14.0. The second-order valence-corrected chi connectivity index (χ2v) is 18.0. The molecule has 6 heterocycles. The van der Waals surface area contributed by atoms with Crippen LogP contribution in [0.2, 0.25) is 0 Å². The van der Waals surface area contributed by atoms with Crippen LogP contribution in [0.25, 0.3) is 22.3 Å². The molecule has 4 fully saturated rings. The quantitative estimate of drug-likeness (QED) is 0.138. The van der Waals surface area contributed by atoms with Crippen molar-refractivity contribution in [3.8, 4) is 0 Å². The molecule has 8 rings (SSSR count). The number of H-pyrrole nitrogens is 1. The molecule has 2 aliphatic carbocycles. The summed E-state index contributed by atoms with van der Waals surface area (Å²) in [5.41, 5.74) is 10.7. The predicted molar refractivity (Wildman–Crippen MR) is 166 cm³/mol. The van der Waals surface area contributed by atoms with Crippen LogP contribution in [0.4, 0.5) is 11.8 Å². The molecular weight excluding hydrogens is 781 g/mol. The van der Waals surface area contributed by atoms with E-state index in [-0.39, 0.29) is 35.5 Å². The van der Waals surface area contributed by atoms with Crippen LogP contribution in [0.1, 0.15) is 18.7 Å². The van der Waals surface area contributed by atoms with Gasteiger partial charge in [0.05, 0.1) is 54.0 Å². The Bertz CT molecular complexity index is 2060. The molecule has 4 aliphatic rings. The van der Waals surface area contributed by atoms with E-state index in [0.29, 0.717) is 17.6 Å². The molecule has 21 nitrogen and oxygen atoms in total. The number of rotatable bonds is 3. The SMILES string of the molecule is CO[C@H]1[C@H]2OP(=O)(I)OC[C@@]34C[C@@H]3[C@@H](n3cnc5c(N)ncnc53)[C@H](O)[C@@H]4OP(=O)(O)OC[C@H]1O[C@H]2n1cnc2c(=O)[nH]c(N)nc21. The molecule has 252 valence electrons. The number of nitrogens with zero attached hydrogens (tertiary/aromatic N) is 7. The van der Waals surface area contributed by atoms with E-state index in [2.05, 4.69) is 29.9 Å². The van der Waals surface area contributed by atoms with Gasteiger partial charge in [-0.2, -0.15) is 4.98 Å². The Morgan fingerprint density at radius 1 is 1.11 bits per heavy atom. The molecule has 47 heavy (non-hydrogen) atoms. The zero-order valence-corrected chi connectivity index (χ0v) is 28.0. The van der Waals surface area contributed by atoms with Crippen LogP contribution >= 0.6 is 35.1 Å². The van der Waals surface area contributed by atoms with Crippen LogP contribution in [-0.4, -0.2) is 99.9 Å². The van der Waals surface area contributed by atoms with Gasteiger partial charge in [-0.25, -0.2) is 29.1 Å². The van der Waals surface area contributed by atoms with E-state index in [9.17, 15) is 23.9 Å². The van der Waals surface area contributed by atoms with Gasteiger partial charge in [0.2, 0.25) is 5.95 Å². The number of nitrogens with two attached hydrogens (primary N) is 2. The maximum Gasteiger partial charge on any atom is 0.472 e. The van der Waals surface area contributed by atoms with E-state index in [0.717, 1.165) is 0 Å². The molecule has 2 bridgehead atoms. The number of halogens is 1. The van der Waals surface area contributed by atoms with Crippen LogP contribution in [0.15, 0.2) is 23.8 Å². The lowest BCUT2D eigenvalue weighted by Crippen LogP contribution is -2.38. The minimum absolute atomic E-state index is 0.0374. The zero-order valence-electron chi connectivity index (χ0n) is 24.1. The summed E-state index contributed by atoms with van der Waals surface area (Å²) in [5, 5.41) is 7.56. The van der Waals surface area contributed by atoms with Crippen molar-refractivity contribution in [1.82, 2.24) is 39.0 Å². The van der Waals surface area contributed by atoms with E-state index in [1.807, 2.05) is 0 Å². The summed E-state index contributed by atoms with van der Waals surface area (Å²) in [6.45, 7) is -0.844. The van der Waals surface area contributed by atoms with Gasteiger partial charge in [-0.15, -0.1) is 0 Å². The first-order valence-electron chi connectivity index (χ1n) is 14.1. The van der Waals surface area contributed by atoms with E-state index < -0.39 is 73.4 Å². The van der Waals surface area contributed by atoms with Crippen molar-refractivity contribution in [2.75, 3.05) is 31.8 Å². The number of hydrogen-bond acceptors (Lipinski definition) is 17. The van der Waals surface area contributed by atoms with Crippen LogP contribution < -0.4 is 17.0 Å². The minimum atomic E-state index is -4.90. The molecule has 2 aliphatic heterocycles. The van der Waals surface area contributed by atoms with Crippen LogP contribution in [0, 0.1) is 11.3 Å². The summed E-state index contributed by atoms with van der Waals surface area (Å²) in [7, 11) is -3.56. The molecule has 0 amide bonds. The summed E-state index contributed by atoms with van der Waals surface area (Å²) in [6, 6.07) is -0.732. The van der Waals surface area contributed by atoms with Gasteiger partial charge in [0.1, 0.15) is 42.4 Å². The fraction of sp³-hybridized carbons (Fsp3) is 0.565. The summed E-state index contributed by atoms with van der Waals surface area (Å²) in [4.78, 5) is 46.5. The van der Waals surface area contributed by atoms with E-state index in [1.165, 1.54) is 30.7 Å². The third-order valence-corrected chi connectivity index (χ3v) is 12.6. The molecule has 1 spiro atoms. The number of nitrogen functional groups attached to an aromatic ring is 2. The lowest BCUT2D eigenvalue weighted by atomic mass is 10.0. The third-order valence-electron chi connectivity index (χ3n) is 9.19. The lowest BCUT2D eigenvalue weighted by Gasteiger charge is -2.30. The molecule has 2 saturated carbocycles. The van der Waals surface area contributed by atoms with Crippen LogP contribution in [-0.2, 0) is 36.7 Å². The summed E-state index contributed by atoms with van der Waals surface area (Å²) in [6.07, 6.45) is -2.82. The van der Waals surface area contributed by atoms with Crippen molar-refractivity contribution in [3.05, 3.63) is 29.3 Å². The van der Waals surface area contributed by atoms with E-state index in [4.69, 9.17) is 39.0 Å². The highest BCUT2D eigenvalue weighted by atomic mass is 127. The van der Waals surface area contributed by atoms with Gasteiger partial charge in [-0.05, 0) is 12.3 Å². The number of aromatic amines is 1. The van der Waals surface area contributed by atoms with Crippen molar-refractivity contribution < 1.29 is 46.7 Å². The fourth-order valence-electron chi connectivity index (χ4n) is 7.07.